The molecular weight excluding hydrogens is 288 g/mol. The first-order chi connectivity index (χ1) is 11.1. The molecular formula is C19H30N2O2. The van der Waals surface area contributed by atoms with E-state index < -0.39 is 0 Å². The number of anilines is 1. The molecule has 0 aliphatic carbocycles. The van der Waals surface area contributed by atoms with Crippen molar-refractivity contribution in [2.75, 3.05) is 18.4 Å². The maximum absolute atomic E-state index is 12.4. The van der Waals surface area contributed by atoms with Crippen LogP contribution in [0.4, 0.5) is 5.69 Å². The maximum Gasteiger partial charge on any atom is 0.224 e. The van der Waals surface area contributed by atoms with Gasteiger partial charge in [0.15, 0.2) is 0 Å². The molecule has 1 aliphatic heterocycles. The van der Waals surface area contributed by atoms with Gasteiger partial charge < -0.3 is 15.0 Å². The zero-order valence-corrected chi connectivity index (χ0v) is 14.7. The Kier molecular flexibility index (Phi) is 6.75. The average Bonchev–Trinajstić information content (AvgIpc) is 2.55. The molecule has 1 unspecified atom stereocenters. The van der Waals surface area contributed by atoms with Crippen molar-refractivity contribution >= 4 is 11.6 Å². The smallest absolute Gasteiger partial charge is 0.224 e. The maximum atomic E-state index is 12.4. The Hall–Kier alpha value is -1.71. The number of hydrogen-bond donors (Lipinski definition) is 1. The third-order valence-corrected chi connectivity index (χ3v) is 4.31. The number of nitrogens with zero attached hydrogens (tertiary/aromatic N) is 1. The van der Waals surface area contributed by atoms with Crippen molar-refractivity contribution in [3.63, 3.8) is 0 Å². The molecule has 1 aliphatic rings. The minimum atomic E-state index is 0.183. The second-order valence-electron chi connectivity index (χ2n) is 6.51. The fourth-order valence-corrected chi connectivity index (χ4v) is 3.13. The van der Waals surface area contributed by atoms with Crippen LogP contribution in [0.15, 0.2) is 24.3 Å². The van der Waals surface area contributed by atoms with Gasteiger partial charge in [-0.1, -0.05) is 6.92 Å². The number of likely N-dealkylation sites (tertiary alicyclic amines) is 1. The Bertz CT molecular complexity index is 485. The molecule has 1 fully saturated rings. The molecule has 0 aromatic heterocycles. The van der Waals surface area contributed by atoms with Crippen molar-refractivity contribution in [2.24, 2.45) is 0 Å². The molecule has 1 aromatic rings. The Morgan fingerprint density at radius 2 is 2.04 bits per heavy atom. The fourth-order valence-electron chi connectivity index (χ4n) is 3.13. The number of nitrogens with one attached hydrogen (secondary N) is 1. The van der Waals surface area contributed by atoms with E-state index in [1.165, 1.54) is 6.42 Å². The molecule has 0 spiro atoms. The van der Waals surface area contributed by atoms with Crippen LogP contribution in [0.1, 0.15) is 52.9 Å². The zero-order valence-electron chi connectivity index (χ0n) is 14.7. The minimum absolute atomic E-state index is 0.183. The lowest BCUT2D eigenvalue weighted by Crippen LogP contribution is -2.43. The van der Waals surface area contributed by atoms with Crippen LogP contribution in [0.25, 0.3) is 0 Å². The Balaban J connectivity index is 1.76. The third kappa shape index (κ3) is 5.45. The molecule has 1 N–H and O–H groups in total. The van der Waals surface area contributed by atoms with E-state index in [0.29, 0.717) is 19.0 Å². The fraction of sp³-hybridized carbons (Fsp3) is 0.632. The van der Waals surface area contributed by atoms with Crippen molar-refractivity contribution in [1.29, 1.82) is 0 Å². The van der Waals surface area contributed by atoms with Gasteiger partial charge in [0.25, 0.3) is 0 Å². The summed E-state index contributed by atoms with van der Waals surface area (Å²) in [5.41, 5.74) is 1.03. The van der Waals surface area contributed by atoms with Gasteiger partial charge in [-0.3, -0.25) is 4.79 Å². The molecule has 1 amide bonds. The van der Waals surface area contributed by atoms with Gasteiger partial charge in [0.1, 0.15) is 5.75 Å². The van der Waals surface area contributed by atoms with Crippen molar-refractivity contribution in [3.8, 4) is 5.75 Å². The first-order valence-corrected chi connectivity index (χ1v) is 8.90. The molecule has 23 heavy (non-hydrogen) atoms. The van der Waals surface area contributed by atoms with Crippen LogP contribution in [-0.4, -0.2) is 36.0 Å². The Labute approximate surface area is 140 Å². The normalized spacial score (nSPS) is 18.1. The lowest BCUT2D eigenvalue weighted by Gasteiger charge is -2.35. The number of ether oxygens (including phenoxy) is 1. The van der Waals surface area contributed by atoms with Gasteiger partial charge >= 0.3 is 0 Å². The highest BCUT2D eigenvalue weighted by Gasteiger charge is 2.24. The predicted octanol–water partition coefficient (Wildman–Crippen LogP) is 4.07. The van der Waals surface area contributed by atoms with Crippen molar-refractivity contribution < 1.29 is 9.53 Å². The van der Waals surface area contributed by atoms with Gasteiger partial charge in [0.05, 0.1) is 6.10 Å². The van der Waals surface area contributed by atoms with Crippen molar-refractivity contribution in [1.82, 2.24) is 4.90 Å². The summed E-state index contributed by atoms with van der Waals surface area (Å²) >= 11 is 0. The standard InChI is InChI=1S/C19H30N2O2/c1-4-17-7-5-6-14-21(17)19(22)12-13-20-16-8-10-18(11-9-16)23-15(2)3/h8-11,15,17,20H,4-7,12-14H2,1-3H3. The lowest BCUT2D eigenvalue weighted by molar-refractivity contribution is -0.134. The quantitative estimate of drug-likeness (QED) is 0.824. The van der Waals surface area contributed by atoms with Gasteiger partial charge in [-0.15, -0.1) is 0 Å². The molecule has 1 heterocycles. The summed E-state index contributed by atoms with van der Waals surface area (Å²) in [5, 5.41) is 3.32. The Morgan fingerprint density at radius 3 is 2.70 bits per heavy atom. The number of carbonyl (C=O) groups is 1. The van der Waals surface area contributed by atoms with Crippen molar-refractivity contribution in [3.05, 3.63) is 24.3 Å². The van der Waals surface area contributed by atoms with Crippen LogP contribution in [0, 0.1) is 0 Å². The van der Waals surface area contributed by atoms with Crippen molar-refractivity contribution in [2.45, 2.75) is 65.0 Å². The highest BCUT2D eigenvalue weighted by molar-refractivity contribution is 5.77. The molecule has 1 saturated heterocycles. The van der Waals surface area contributed by atoms with E-state index in [-0.39, 0.29) is 12.0 Å². The minimum Gasteiger partial charge on any atom is -0.491 e. The van der Waals surface area contributed by atoms with Gasteiger partial charge in [-0.2, -0.15) is 0 Å². The number of amides is 1. The monoisotopic (exact) mass is 318 g/mol. The summed E-state index contributed by atoms with van der Waals surface area (Å²) in [6, 6.07) is 8.36. The molecule has 128 valence electrons. The van der Waals surface area contributed by atoms with Crippen LogP contribution >= 0.6 is 0 Å². The van der Waals surface area contributed by atoms with Crippen LogP contribution in [-0.2, 0) is 4.79 Å². The molecule has 1 aromatic carbocycles. The van der Waals surface area contributed by atoms with Crippen LogP contribution in [0.5, 0.6) is 5.75 Å². The van der Waals surface area contributed by atoms with Gasteiger partial charge in [-0.05, 0) is 63.8 Å². The molecule has 0 radical (unpaired) electrons. The van der Waals surface area contributed by atoms with E-state index >= 15 is 0 Å². The number of benzene rings is 1. The molecule has 2 rings (SSSR count). The lowest BCUT2D eigenvalue weighted by atomic mass is 9.99. The summed E-state index contributed by atoms with van der Waals surface area (Å²) in [6.45, 7) is 7.81. The summed E-state index contributed by atoms with van der Waals surface area (Å²) in [5.74, 6) is 1.16. The number of carbonyl (C=O) groups excluding carboxylic acids is 1. The molecule has 4 heteroatoms. The molecule has 0 saturated carbocycles. The van der Waals surface area contributed by atoms with Crippen LogP contribution in [0.2, 0.25) is 0 Å². The summed E-state index contributed by atoms with van der Waals surface area (Å²) in [7, 11) is 0. The van der Waals surface area contributed by atoms with E-state index in [9.17, 15) is 4.79 Å². The largest absolute Gasteiger partial charge is 0.491 e. The van der Waals surface area contributed by atoms with E-state index in [0.717, 1.165) is 37.2 Å². The number of hydrogen-bond acceptors (Lipinski definition) is 3. The van der Waals surface area contributed by atoms with Gasteiger partial charge in [0.2, 0.25) is 5.91 Å². The van der Waals surface area contributed by atoms with E-state index in [1.54, 1.807) is 0 Å². The molecule has 1 atom stereocenters. The van der Waals surface area contributed by atoms with Crippen LogP contribution < -0.4 is 10.1 Å². The van der Waals surface area contributed by atoms with E-state index in [1.807, 2.05) is 38.1 Å². The second-order valence-corrected chi connectivity index (χ2v) is 6.51. The highest BCUT2D eigenvalue weighted by atomic mass is 16.5. The second kappa shape index (κ2) is 8.80. The zero-order chi connectivity index (χ0) is 16.7. The van der Waals surface area contributed by atoms with Gasteiger partial charge in [0, 0.05) is 31.2 Å². The van der Waals surface area contributed by atoms with Gasteiger partial charge in [-0.25, -0.2) is 0 Å². The first kappa shape index (κ1) is 17.6. The summed E-state index contributed by atoms with van der Waals surface area (Å²) in [4.78, 5) is 14.5. The molecule has 0 bridgehead atoms. The third-order valence-electron chi connectivity index (χ3n) is 4.31. The highest BCUT2D eigenvalue weighted by Crippen LogP contribution is 2.20. The SMILES string of the molecule is CCC1CCCCN1C(=O)CCNc1ccc(OC(C)C)cc1. The Morgan fingerprint density at radius 1 is 1.30 bits per heavy atom. The summed E-state index contributed by atoms with van der Waals surface area (Å²) in [6.07, 6.45) is 5.37. The number of rotatable bonds is 7. The predicted molar refractivity (Wildman–Crippen MR) is 95.0 cm³/mol. The molecule has 4 nitrogen and oxygen atoms in total. The van der Waals surface area contributed by atoms with E-state index in [4.69, 9.17) is 4.74 Å². The first-order valence-electron chi connectivity index (χ1n) is 8.90. The topological polar surface area (TPSA) is 41.6 Å². The van der Waals surface area contributed by atoms with E-state index in [2.05, 4.69) is 17.1 Å². The van der Waals surface area contributed by atoms with Crippen LogP contribution in [0.3, 0.4) is 0 Å². The number of piperidine rings is 1. The average molecular weight is 318 g/mol. The summed E-state index contributed by atoms with van der Waals surface area (Å²) < 4.78 is 5.63.